The van der Waals surface area contributed by atoms with Gasteiger partial charge in [-0.05, 0) is 28.1 Å². The second-order valence-electron chi connectivity index (χ2n) is 3.72. The Balaban J connectivity index is 2.05. The summed E-state index contributed by atoms with van der Waals surface area (Å²) < 4.78 is 0.634. The summed E-state index contributed by atoms with van der Waals surface area (Å²) in [5.74, 6) is -1.43. The first-order valence-electron chi connectivity index (χ1n) is 5.39. The molecule has 0 aliphatic carbocycles. The number of hydrogen-bond donors (Lipinski definition) is 2. The lowest BCUT2D eigenvalue weighted by Crippen LogP contribution is -2.23. The molecule has 0 saturated carbocycles. The van der Waals surface area contributed by atoms with Crippen molar-refractivity contribution in [3.05, 3.63) is 49.3 Å². The molecule has 0 atom stereocenters. The van der Waals surface area contributed by atoms with Crippen molar-refractivity contribution < 1.29 is 14.7 Å². The second-order valence-corrected chi connectivity index (χ2v) is 5.89. The molecule has 2 rings (SSSR count). The zero-order valence-corrected chi connectivity index (χ0v) is 13.1. The Kier molecular flexibility index (Phi) is 4.74. The van der Waals surface area contributed by atoms with Gasteiger partial charge in [0.05, 0.1) is 17.1 Å². The number of thiazole rings is 1. The van der Waals surface area contributed by atoms with Gasteiger partial charge in [-0.15, -0.1) is 11.3 Å². The van der Waals surface area contributed by atoms with E-state index in [0.29, 0.717) is 20.1 Å². The normalized spacial score (nSPS) is 10.3. The minimum absolute atomic E-state index is 0.0280. The van der Waals surface area contributed by atoms with Crippen molar-refractivity contribution in [2.24, 2.45) is 0 Å². The molecule has 8 heteroatoms. The van der Waals surface area contributed by atoms with Gasteiger partial charge in [0.25, 0.3) is 5.91 Å². The molecule has 20 heavy (non-hydrogen) atoms. The van der Waals surface area contributed by atoms with Crippen molar-refractivity contribution in [2.75, 3.05) is 0 Å². The highest BCUT2D eigenvalue weighted by Gasteiger charge is 2.13. The lowest BCUT2D eigenvalue weighted by Gasteiger charge is -2.06. The molecule has 1 heterocycles. The Morgan fingerprint density at radius 1 is 1.45 bits per heavy atom. The maximum absolute atomic E-state index is 12.0. The number of benzene rings is 1. The van der Waals surface area contributed by atoms with E-state index in [1.54, 1.807) is 18.2 Å². The van der Waals surface area contributed by atoms with Crippen LogP contribution in [0.15, 0.2) is 28.1 Å². The van der Waals surface area contributed by atoms with Crippen LogP contribution in [-0.4, -0.2) is 22.0 Å². The van der Waals surface area contributed by atoms with E-state index in [1.165, 1.54) is 16.7 Å². The molecular formula is C12H8BrClN2O3S. The van der Waals surface area contributed by atoms with Gasteiger partial charge in [-0.1, -0.05) is 17.7 Å². The molecule has 104 valence electrons. The van der Waals surface area contributed by atoms with Gasteiger partial charge in [-0.25, -0.2) is 9.78 Å². The largest absolute Gasteiger partial charge is 0.476 e. The number of carbonyl (C=O) groups excluding carboxylic acids is 1. The van der Waals surface area contributed by atoms with Crippen LogP contribution in [0.3, 0.4) is 0 Å². The molecule has 5 nitrogen and oxygen atoms in total. The van der Waals surface area contributed by atoms with Crippen LogP contribution in [-0.2, 0) is 6.54 Å². The van der Waals surface area contributed by atoms with Crippen molar-refractivity contribution in [2.45, 2.75) is 6.54 Å². The van der Waals surface area contributed by atoms with Crippen molar-refractivity contribution >= 4 is 50.7 Å². The van der Waals surface area contributed by atoms with Crippen LogP contribution in [0.4, 0.5) is 0 Å². The topological polar surface area (TPSA) is 79.3 Å². The first-order valence-corrected chi connectivity index (χ1v) is 7.44. The van der Waals surface area contributed by atoms with Crippen molar-refractivity contribution in [1.82, 2.24) is 10.3 Å². The SMILES string of the molecule is O=C(O)c1csc(CNC(=O)c2cccc(Br)c2Cl)n1. The summed E-state index contributed by atoms with van der Waals surface area (Å²) in [7, 11) is 0. The van der Waals surface area contributed by atoms with Crippen LogP contribution in [0.1, 0.15) is 25.9 Å². The van der Waals surface area contributed by atoms with E-state index in [4.69, 9.17) is 16.7 Å². The molecular weight excluding hydrogens is 368 g/mol. The van der Waals surface area contributed by atoms with Gasteiger partial charge in [0, 0.05) is 9.85 Å². The number of aromatic carboxylic acids is 1. The maximum atomic E-state index is 12.0. The molecule has 0 aliphatic heterocycles. The number of carboxylic acids is 1. The summed E-state index contributed by atoms with van der Waals surface area (Å²) in [5, 5.41) is 13.7. The van der Waals surface area contributed by atoms with E-state index >= 15 is 0 Å². The summed E-state index contributed by atoms with van der Waals surface area (Å²) in [6.07, 6.45) is 0. The quantitative estimate of drug-likeness (QED) is 0.860. The number of amides is 1. The third kappa shape index (κ3) is 3.36. The Hall–Kier alpha value is -1.44. The predicted molar refractivity (Wildman–Crippen MR) is 79.4 cm³/mol. The average molecular weight is 376 g/mol. The number of carbonyl (C=O) groups is 2. The van der Waals surface area contributed by atoms with Crippen LogP contribution in [0.25, 0.3) is 0 Å². The summed E-state index contributed by atoms with van der Waals surface area (Å²) in [6.45, 7) is 0.152. The highest BCUT2D eigenvalue weighted by atomic mass is 79.9. The van der Waals surface area contributed by atoms with Gasteiger partial charge in [0.1, 0.15) is 5.01 Å². The van der Waals surface area contributed by atoms with Crippen LogP contribution >= 0.6 is 38.9 Å². The molecule has 0 radical (unpaired) electrons. The Bertz CT molecular complexity index is 674. The average Bonchev–Trinajstić information content (AvgIpc) is 2.88. The van der Waals surface area contributed by atoms with Gasteiger partial charge in [0.15, 0.2) is 5.69 Å². The smallest absolute Gasteiger partial charge is 0.355 e. The van der Waals surface area contributed by atoms with E-state index in [2.05, 4.69) is 26.2 Å². The minimum Gasteiger partial charge on any atom is -0.476 e. The molecule has 0 aliphatic rings. The van der Waals surface area contributed by atoms with Crippen LogP contribution in [0, 0.1) is 0 Å². The van der Waals surface area contributed by atoms with Crippen molar-refractivity contribution in [3.8, 4) is 0 Å². The monoisotopic (exact) mass is 374 g/mol. The Labute approximate surface area is 131 Å². The highest BCUT2D eigenvalue weighted by Crippen LogP contribution is 2.25. The van der Waals surface area contributed by atoms with E-state index in [0.717, 1.165) is 0 Å². The Morgan fingerprint density at radius 2 is 2.20 bits per heavy atom. The Morgan fingerprint density at radius 3 is 2.85 bits per heavy atom. The molecule has 0 bridgehead atoms. The zero-order valence-electron chi connectivity index (χ0n) is 9.89. The van der Waals surface area contributed by atoms with E-state index in [9.17, 15) is 9.59 Å². The molecule has 0 fully saturated rings. The third-order valence-corrected chi connectivity index (χ3v) is 4.51. The molecule has 0 unspecified atom stereocenters. The first-order chi connectivity index (χ1) is 9.49. The van der Waals surface area contributed by atoms with E-state index < -0.39 is 5.97 Å². The molecule has 2 aromatic rings. The number of halogens is 2. The summed E-state index contributed by atoms with van der Waals surface area (Å²) in [4.78, 5) is 26.5. The number of rotatable bonds is 4. The standard InChI is InChI=1S/C12H8BrClN2O3S/c13-7-3-1-2-6(10(7)14)11(17)15-4-9-16-8(5-20-9)12(18)19/h1-3,5H,4H2,(H,15,17)(H,18,19). The van der Waals surface area contributed by atoms with Gasteiger partial charge in [-0.2, -0.15) is 0 Å². The van der Waals surface area contributed by atoms with Crippen molar-refractivity contribution in [1.29, 1.82) is 0 Å². The number of hydrogen-bond acceptors (Lipinski definition) is 4. The van der Waals surface area contributed by atoms with Crippen LogP contribution < -0.4 is 5.32 Å². The van der Waals surface area contributed by atoms with Gasteiger partial charge in [0.2, 0.25) is 0 Å². The lowest BCUT2D eigenvalue weighted by molar-refractivity contribution is 0.0691. The first kappa shape index (κ1) is 15.0. The summed E-state index contributed by atoms with van der Waals surface area (Å²) in [5.41, 5.74) is 0.316. The van der Waals surface area contributed by atoms with Crippen LogP contribution in [0.5, 0.6) is 0 Å². The summed E-state index contributed by atoms with van der Waals surface area (Å²) in [6, 6.07) is 5.04. The molecule has 1 aromatic carbocycles. The van der Waals surface area contributed by atoms with E-state index in [1.807, 2.05) is 0 Å². The molecule has 0 spiro atoms. The number of aromatic nitrogens is 1. The number of carboxylic acid groups (broad SMARTS) is 1. The lowest BCUT2D eigenvalue weighted by atomic mass is 10.2. The molecule has 1 amide bonds. The molecule has 1 aromatic heterocycles. The fraction of sp³-hybridized carbons (Fsp3) is 0.0833. The zero-order chi connectivity index (χ0) is 14.7. The minimum atomic E-state index is -1.09. The third-order valence-electron chi connectivity index (χ3n) is 2.37. The van der Waals surface area contributed by atoms with Gasteiger partial charge >= 0.3 is 5.97 Å². The van der Waals surface area contributed by atoms with E-state index in [-0.39, 0.29) is 18.1 Å². The highest BCUT2D eigenvalue weighted by molar-refractivity contribution is 9.10. The molecule has 2 N–H and O–H groups in total. The number of nitrogens with one attached hydrogen (secondary N) is 1. The molecule has 0 saturated heterocycles. The van der Waals surface area contributed by atoms with Crippen molar-refractivity contribution in [3.63, 3.8) is 0 Å². The predicted octanol–water partition coefficient (Wildman–Crippen LogP) is 3.19. The summed E-state index contributed by atoms with van der Waals surface area (Å²) >= 11 is 10.4. The maximum Gasteiger partial charge on any atom is 0.355 e. The second kappa shape index (κ2) is 6.34. The van der Waals surface area contributed by atoms with Gasteiger partial charge in [-0.3, -0.25) is 4.79 Å². The number of nitrogens with zero attached hydrogens (tertiary/aromatic N) is 1. The fourth-order valence-corrected chi connectivity index (χ4v) is 2.71. The van der Waals surface area contributed by atoms with Gasteiger partial charge < -0.3 is 10.4 Å². The van der Waals surface area contributed by atoms with Crippen LogP contribution in [0.2, 0.25) is 5.02 Å². The fourth-order valence-electron chi connectivity index (χ4n) is 1.42.